The van der Waals surface area contributed by atoms with Crippen molar-refractivity contribution in [2.45, 2.75) is 13.3 Å². The number of anilines is 2. The van der Waals surface area contributed by atoms with Crippen molar-refractivity contribution in [3.63, 3.8) is 0 Å². The molecule has 1 aliphatic carbocycles. The highest BCUT2D eigenvalue weighted by molar-refractivity contribution is 5.95. The zero-order chi connectivity index (χ0) is 21.6. The molecule has 3 aromatic rings. The summed E-state index contributed by atoms with van der Waals surface area (Å²) in [6, 6.07) is 11.5. The number of amides is 1. The number of nitrogens with one attached hydrogen (secondary N) is 1. The van der Waals surface area contributed by atoms with Gasteiger partial charge < -0.3 is 11.1 Å². The monoisotopic (exact) mass is 406 g/mol. The van der Waals surface area contributed by atoms with Gasteiger partial charge in [0.05, 0.1) is 5.52 Å². The van der Waals surface area contributed by atoms with Gasteiger partial charge in [0.2, 0.25) is 11.9 Å². The highest BCUT2D eigenvalue weighted by Crippen LogP contribution is 2.26. The fourth-order valence-corrected chi connectivity index (χ4v) is 3.30. The van der Waals surface area contributed by atoms with Crippen LogP contribution in [0.1, 0.15) is 27.9 Å². The molecule has 2 aromatic carbocycles. The molecule has 1 aromatic heterocycles. The minimum Gasteiger partial charge on any atom is -0.366 e. The van der Waals surface area contributed by atoms with Gasteiger partial charge in [0.25, 0.3) is 0 Å². The summed E-state index contributed by atoms with van der Waals surface area (Å²) in [6.07, 6.45) is 16.1. The van der Waals surface area contributed by atoms with Crippen molar-refractivity contribution >= 4 is 34.0 Å². The predicted octanol–water partition coefficient (Wildman–Crippen LogP) is 5.39. The number of carbonyl (C=O) groups is 1. The molecular formula is C26H22N4O. The van der Waals surface area contributed by atoms with Crippen molar-refractivity contribution in [3.05, 3.63) is 108 Å². The average Bonchev–Trinajstić information content (AvgIpc) is 2.77. The number of aromatic nitrogens is 2. The lowest BCUT2D eigenvalue weighted by Gasteiger charge is -2.12. The van der Waals surface area contributed by atoms with Crippen molar-refractivity contribution in [3.8, 4) is 0 Å². The van der Waals surface area contributed by atoms with E-state index in [1.807, 2.05) is 73.7 Å². The molecule has 0 saturated heterocycles. The second-order valence-corrected chi connectivity index (χ2v) is 7.25. The molecule has 5 nitrogen and oxygen atoms in total. The Hall–Kier alpha value is -4.21. The third-order valence-corrected chi connectivity index (χ3v) is 4.84. The Morgan fingerprint density at radius 2 is 1.97 bits per heavy atom. The molecule has 3 N–H and O–H groups in total. The number of hydrogen-bond acceptors (Lipinski definition) is 4. The van der Waals surface area contributed by atoms with Crippen LogP contribution in [-0.4, -0.2) is 15.9 Å². The van der Waals surface area contributed by atoms with E-state index in [1.165, 1.54) is 0 Å². The highest BCUT2D eigenvalue weighted by atomic mass is 16.1. The van der Waals surface area contributed by atoms with Crippen LogP contribution < -0.4 is 11.1 Å². The lowest BCUT2D eigenvalue weighted by atomic mass is 9.98. The van der Waals surface area contributed by atoms with Gasteiger partial charge in [-0.05, 0) is 67.0 Å². The Balaban J connectivity index is 1.72. The number of fused-ring (bicyclic) bond motifs is 1. The quantitative estimate of drug-likeness (QED) is 0.569. The Kier molecular flexibility index (Phi) is 5.88. The fraction of sp³-hybridized carbons (Fsp3) is 0.0769. The summed E-state index contributed by atoms with van der Waals surface area (Å²) in [5.74, 6) is -0.0362. The molecule has 0 radical (unpaired) electrons. The van der Waals surface area contributed by atoms with Crippen molar-refractivity contribution in [2.75, 3.05) is 5.32 Å². The molecule has 152 valence electrons. The van der Waals surface area contributed by atoms with Crippen molar-refractivity contribution in [2.24, 2.45) is 5.73 Å². The average molecular weight is 406 g/mol. The second-order valence-electron chi connectivity index (χ2n) is 7.25. The zero-order valence-electron chi connectivity index (χ0n) is 17.2. The van der Waals surface area contributed by atoms with Gasteiger partial charge >= 0.3 is 0 Å². The SMILES string of the molecule is Cc1ccc2nc(Nc3cc(C(N)=O)cc(/C4=C/C=C/C=C/C=C=CC4)c3)ncc2c1. The van der Waals surface area contributed by atoms with Crippen LogP contribution in [-0.2, 0) is 0 Å². The Bertz CT molecular complexity index is 1310. The van der Waals surface area contributed by atoms with Crippen LogP contribution in [0.5, 0.6) is 0 Å². The number of primary amides is 1. The van der Waals surface area contributed by atoms with E-state index in [0.717, 1.165) is 27.6 Å². The summed E-state index contributed by atoms with van der Waals surface area (Å²) < 4.78 is 0. The fourth-order valence-electron chi connectivity index (χ4n) is 3.30. The number of nitrogens with two attached hydrogens (primary N) is 1. The van der Waals surface area contributed by atoms with Gasteiger partial charge in [0.15, 0.2) is 0 Å². The Labute approximate surface area is 181 Å². The van der Waals surface area contributed by atoms with Crippen LogP contribution in [0, 0.1) is 6.92 Å². The molecule has 0 aliphatic heterocycles. The van der Waals surface area contributed by atoms with E-state index in [9.17, 15) is 4.79 Å². The van der Waals surface area contributed by atoms with Crippen LogP contribution in [0.3, 0.4) is 0 Å². The Morgan fingerprint density at radius 1 is 1.10 bits per heavy atom. The van der Waals surface area contributed by atoms with E-state index in [-0.39, 0.29) is 0 Å². The molecule has 5 heteroatoms. The molecule has 31 heavy (non-hydrogen) atoms. The predicted molar refractivity (Wildman–Crippen MR) is 126 cm³/mol. The topological polar surface area (TPSA) is 80.9 Å². The first-order valence-electron chi connectivity index (χ1n) is 9.98. The number of rotatable bonds is 4. The summed E-state index contributed by atoms with van der Waals surface area (Å²) in [6.45, 7) is 2.03. The maximum Gasteiger partial charge on any atom is 0.248 e. The molecule has 0 saturated carbocycles. The van der Waals surface area contributed by atoms with Gasteiger partial charge in [-0.3, -0.25) is 4.79 Å². The van der Waals surface area contributed by atoms with E-state index >= 15 is 0 Å². The van der Waals surface area contributed by atoms with Crippen molar-refractivity contribution < 1.29 is 4.79 Å². The normalized spacial score (nSPS) is 17.0. The lowest BCUT2D eigenvalue weighted by molar-refractivity contribution is 0.100. The first kappa shape index (κ1) is 20.1. The number of hydrogen-bond donors (Lipinski definition) is 2. The molecule has 1 amide bonds. The summed E-state index contributed by atoms with van der Waals surface area (Å²) in [5, 5.41) is 4.19. The van der Waals surface area contributed by atoms with Gasteiger partial charge in [0, 0.05) is 22.8 Å². The summed E-state index contributed by atoms with van der Waals surface area (Å²) in [4.78, 5) is 21.0. The van der Waals surface area contributed by atoms with Gasteiger partial charge in [-0.25, -0.2) is 9.97 Å². The molecule has 1 aliphatic rings. The Morgan fingerprint density at radius 3 is 2.84 bits per heavy atom. The van der Waals surface area contributed by atoms with Crippen LogP contribution in [0.4, 0.5) is 11.6 Å². The molecule has 4 rings (SSSR count). The summed E-state index contributed by atoms with van der Waals surface area (Å²) >= 11 is 0. The molecule has 0 fully saturated rings. The third-order valence-electron chi connectivity index (χ3n) is 4.84. The zero-order valence-corrected chi connectivity index (χ0v) is 17.2. The minimum absolute atomic E-state index is 0.415. The van der Waals surface area contributed by atoms with Gasteiger partial charge in [-0.1, -0.05) is 42.0 Å². The largest absolute Gasteiger partial charge is 0.366 e. The number of aryl methyl sites for hydroxylation is 1. The van der Waals surface area contributed by atoms with Gasteiger partial charge in [-0.15, -0.1) is 5.73 Å². The summed E-state index contributed by atoms with van der Waals surface area (Å²) in [5.41, 5.74) is 13.8. The first-order valence-corrected chi connectivity index (χ1v) is 9.98. The third kappa shape index (κ3) is 5.04. The van der Waals surface area contributed by atoms with Crippen molar-refractivity contribution in [1.82, 2.24) is 9.97 Å². The molecular weight excluding hydrogens is 384 g/mol. The maximum absolute atomic E-state index is 12.0. The van der Waals surface area contributed by atoms with Crippen molar-refractivity contribution in [1.29, 1.82) is 0 Å². The van der Waals surface area contributed by atoms with Crippen LogP contribution in [0.15, 0.2) is 90.9 Å². The van der Waals surface area contributed by atoms with E-state index in [4.69, 9.17) is 5.73 Å². The maximum atomic E-state index is 12.0. The number of carbonyl (C=O) groups excluding carboxylic acids is 1. The molecule has 0 spiro atoms. The number of allylic oxidation sites excluding steroid dienone is 7. The second kappa shape index (κ2) is 9.08. The molecule has 0 unspecified atom stereocenters. The van der Waals surface area contributed by atoms with Gasteiger partial charge in [0.1, 0.15) is 0 Å². The molecule has 0 atom stereocenters. The van der Waals surface area contributed by atoms with Crippen LogP contribution in [0.25, 0.3) is 16.5 Å². The number of nitrogens with zero attached hydrogens (tertiary/aromatic N) is 2. The minimum atomic E-state index is -0.491. The first-order chi connectivity index (χ1) is 15.1. The van der Waals surface area contributed by atoms with E-state index in [2.05, 4.69) is 21.0 Å². The molecule has 0 bridgehead atoms. The summed E-state index contributed by atoms with van der Waals surface area (Å²) in [7, 11) is 0. The molecule has 1 heterocycles. The highest BCUT2D eigenvalue weighted by Gasteiger charge is 2.10. The lowest BCUT2D eigenvalue weighted by Crippen LogP contribution is -2.12. The standard InChI is InChI=1S/C26H22N4O/c1-18-11-12-24-22(13-18)17-28-26(30-24)29-23-15-20(14-21(16-23)25(27)31)19-9-7-5-3-2-4-6-8-10-19/h2-5,7-9,11-17H,10H2,1H3,(H2,27,31)(H,28,29,30)/b3-2+,7-5+,19-9+. The van der Waals surface area contributed by atoms with E-state index in [1.54, 1.807) is 18.3 Å². The van der Waals surface area contributed by atoms with E-state index < -0.39 is 5.91 Å². The van der Waals surface area contributed by atoms with Crippen LogP contribution >= 0.6 is 0 Å². The van der Waals surface area contributed by atoms with Gasteiger partial charge in [-0.2, -0.15) is 0 Å². The van der Waals surface area contributed by atoms with Crippen LogP contribution in [0.2, 0.25) is 0 Å². The smallest absolute Gasteiger partial charge is 0.248 e. The van der Waals surface area contributed by atoms with E-state index in [0.29, 0.717) is 23.6 Å². The number of benzene rings is 2.